The number of rotatable bonds is 1. The van der Waals surface area contributed by atoms with E-state index in [1.54, 1.807) is 0 Å². The molecule has 0 fully saturated rings. The summed E-state index contributed by atoms with van der Waals surface area (Å²) in [4.78, 5) is 8.32. The second-order valence-corrected chi connectivity index (χ2v) is 3.65. The van der Waals surface area contributed by atoms with Crippen molar-refractivity contribution in [3.8, 4) is 11.1 Å². The van der Waals surface area contributed by atoms with Gasteiger partial charge in [0.05, 0.1) is 5.52 Å². The van der Waals surface area contributed by atoms with Crippen molar-refractivity contribution in [3.63, 3.8) is 0 Å². The predicted octanol–water partition coefficient (Wildman–Crippen LogP) is 3.30. The number of nitrogens with zero attached hydrogens (tertiary/aromatic N) is 2. The maximum atomic E-state index is 4.30. The van der Waals surface area contributed by atoms with Crippen LogP contribution in [0.15, 0.2) is 61.1 Å². The molecule has 0 N–H and O–H groups in total. The Morgan fingerprint density at radius 2 is 1.62 bits per heavy atom. The highest BCUT2D eigenvalue weighted by Gasteiger charge is 1.98. The number of hydrogen-bond donors (Lipinski definition) is 0. The van der Waals surface area contributed by atoms with Gasteiger partial charge in [0, 0.05) is 24.0 Å². The number of hydrogen-bond acceptors (Lipinski definition) is 2. The maximum absolute atomic E-state index is 4.30. The summed E-state index contributed by atoms with van der Waals surface area (Å²) in [5.74, 6) is 0. The van der Waals surface area contributed by atoms with Crippen LogP contribution >= 0.6 is 0 Å². The van der Waals surface area contributed by atoms with Crippen LogP contribution in [-0.2, 0) is 0 Å². The highest BCUT2D eigenvalue weighted by atomic mass is 14.6. The van der Waals surface area contributed by atoms with Gasteiger partial charge in [-0.05, 0) is 41.5 Å². The molecule has 16 heavy (non-hydrogen) atoms. The third-order valence-corrected chi connectivity index (χ3v) is 2.62. The van der Waals surface area contributed by atoms with E-state index in [9.17, 15) is 0 Å². The molecule has 0 saturated carbocycles. The lowest BCUT2D eigenvalue weighted by molar-refractivity contribution is 1.33. The standard InChI is InChI=1S/C14H10N2/c1-2-13-10-12(3-4-14(13)16-7-1)11-5-8-15-9-6-11/h1-10H. The Hall–Kier alpha value is -2.22. The lowest BCUT2D eigenvalue weighted by Crippen LogP contribution is -1.81. The first-order valence-corrected chi connectivity index (χ1v) is 5.19. The quantitative estimate of drug-likeness (QED) is 0.610. The molecule has 76 valence electrons. The molecular weight excluding hydrogens is 196 g/mol. The van der Waals surface area contributed by atoms with Crippen LogP contribution in [0.5, 0.6) is 0 Å². The van der Waals surface area contributed by atoms with Gasteiger partial charge in [0.1, 0.15) is 0 Å². The van der Waals surface area contributed by atoms with Gasteiger partial charge < -0.3 is 0 Å². The first-order chi connectivity index (χ1) is 7.93. The predicted molar refractivity (Wildman–Crippen MR) is 65.0 cm³/mol. The normalized spacial score (nSPS) is 10.5. The average Bonchev–Trinajstić information content (AvgIpc) is 2.39. The zero-order chi connectivity index (χ0) is 10.8. The first-order valence-electron chi connectivity index (χ1n) is 5.19. The van der Waals surface area contributed by atoms with Gasteiger partial charge >= 0.3 is 0 Å². The zero-order valence-electron chi connectivity index (χ0n) is 8.67. The third kappa shape index (κ3) is 1.54. The van der Waals surface area contributed by atoms with E-state index in [4.69, 9.17) is 0 Å². The minimum absolute atomic E-state index is 1.03. The second-order valence-electron chi connectivity index (χ2n) is 3.65. The van der Waals surface area contributed by atoms with Gasteiger partial charge in [0.2, 0.25) is 0 Å². The topological polar surface area (TPSA) is 25.8 Å². The van der Waals surface area contributed by atoms with E-state index in [2.05, 4.69) is 28.2 Å². The Kier molecular flexibility index (Phi) is 2.11. The SMILES string of the molecule is c1cnc2ccc(-c3ccncc3)cc2c1. The number of pyridine rings is 2. The Balaban J connectivity index is 2.19. The smallest absolute Gasteiger partial charge is 0.0702 e. The molecule has 0 radical (unpaired) electrons. The molecule has 0 aliphatic carbocycles. The number of fused-ring (bicyclic) bond motifs is 1. The van der Waals surface area contributed by atoms with Crippen molar-refractivity contribution in [3.05, 3.63) is 61.1 Å². The van der Waals surface area contributed by atoms with E-state index in [1.807, 2.05) is 42.9 Å². The Bertz CT molecular complexity index is 618. The fourth-order valence-electron chi connectivity index (χ4n) is 1.80. The molecular formula is C14H10N2. The zero-order valence-corrected chi connectivity index (χ0v) is 8.67. The van der Waals surface area contributed by atoms with Crippen LogP contribution in [-0.4, -0.2) is 9.97 Å². The average molecular weight is 206 g/mol. The van der Waals surface area contributed by atoms with E-state index in [-0.39, 0.29) is 0 Å². The minimum Gasteiger partial charge on any atom is -0.265 e. The summed E-state index contributed by atoms with van der Waals surface area (Å²) >= 11 is 0. The Morgan fingerprint density at radius 3 is 2.50 bits per heavy atom. The van der Waals surface area contributed by atoms with E-state index < -0.39 is 0 Å². The summed E-state index contributed by atoms with van der Waals surface area (Å²) in [6.45, 7) is 0. The fraction of sp³-hybridized carbons (Fsp3) is 0. The van der Waals surface area contributed by atoms with Gasteiger partial charge in [-0.25, -0.2) is 0 Å². The van der Waals surface area contributed by atoms with Crippen LogP contribution in [0, 0.1) is 0 Å². The first kappa shape index (κ1) is 9.04. The molecule has 0 bridgehead atoms. The van der Waals surface area contributed by atoms with E-state index in [1.165, 1.54) is 11.1 Å². The molecule has 3 rings (SSSR count). The second kappa shape index (κ2) is 3.74. The van der Waals surface area contributed by atoms with Gasteiger partial charge in [0.15, 0.2) is 0 Å². The summed E-state index contributed by atoms with van der Waals surface area (Å²) in [5.41, 5.74) is 3.41. The van der Waals surface area contributed by atoms with Gasteiger partial charge in [-0.1, -0.05) is 12.1 Å². The van der Waals surface area contributed by atoms with Gasteiger partial charge in [0.25, 0.3) is 0 Å². The van der Waals surface area contributed by atoms with Crippen molar-refractivity contribution in [1.82, 2.24) is 9.97 Å². The van der Waals surface area contributed by atoms with Gasteiger partial charge in [-0.15, -0.1) is 0 Å². The minimum atomic E-state index is 1.03. The molecule has 0 unspecified atom stereocenters. The van der Waals surface area contributed by atoms with Gasteiger partial charge in [-0.2, -0.15) is 0 Å². The monoisotopic (exact) mass is 206 g/mol. The van der Waals surface area contributed by atoms with Crippen molar-refractivity contribution in [1.29, 1.82) is 0 Å². The van der Waals surface area contributed by atoms with Crippen LogP contribution < -0.4 is 0 Å². The van der Waals surface area contributed by atoms with Crippen LogP contribution in [0.2, 0.25) is 0 Å². The summed E-state index contributed by atoms with van der Waals surface area (Å²) in [6, 6.07) is 14.3. The molecule has 2 heterocycles. The highest BCUT2D eigenvalue weighted by Crippen LogP contribution is 2.22. The molecule has 0 atom stereocenters. The van der Waals surface area contributed by atoms with Gasteiger partial charge in [-0.3, -0.25) is 9.97 Å². The number of aromatic nitrogens is 2. The van der Waals surface area contributed by atoms with Crippen molar-refractivity contribution < 1.29 is 0 Å². The van der Waals surface area contributed by atoms with E-state index >= 15 is 0 Å². The molecule has 2 aromatic heterocycles. The van der Waals surface area contributed by atoms with Crippen LogP contribution in [0.1, 0.15) is 0 Å². The Morgan fingerprint density at radius 1 is 0.750 bits per heavy atom. The van der Waals surface area contributed by atoms with Crippen molar-refractivity contribution in [2.75, 3.05) is 0 Å². The molecule has 0 aliphatic rings. The highest BCUT2D eigenvalue weighted by molar-refractivity contribution is 5.84. The fourth-order valence-corrected chi connectivity index (χ4v) is 1.80. The van der Waals surface area contributed by atoms with Crippen LogP contribution in [0.4, 0.5) is 0 Å². The van der Waals surface area contributed by atoms with Crippen molar-refractivity contribution >= 4 is 10.9 Å². The van der Waals surface area contributed by atoms with Crippen molar-refractivity contribution in [2.24, 2.45) is 0 Å². The Labute approximate surface area is 93.6 Å². The summed E-state index contributed by atoms with van der Waals surface area (Å²) < 4.78 is 0. The van der Waals surface area contributed by atoms with Crippen LogP contribution in [0.3, 0.4) is 0 Å². The summed E-state index contributed by atoms with van der Waals surface area (Å²) in [7, 11) is 0. The largest absolute Gasteiger partial charge is 0.265 e. The van der Waals surface area contributed by atoms with Crippen LogP contribution in [0.25, 0.3) is 22.0 Å². The molecule has 0 spiro atoms. The molecule has 3 aromatic rings. The van der Waals surface area contributed by atoms with E-state index in [0.717, 1.165) is 10.9 Å². The molecule has 0 saturated heterocycles. The lowest BCUT2D eigenvalue weighted by Gasteiger charge is -2.02. The molecule has 2 heteroatoms. The van der Waals surface area contributed by atoms with Crippen molar-refractivity contribution in [2.45, 2.75) is 0 Å². The molecule has 2 nitrogen and oxygen atoms in total. The third-order valence-electron chi connectivity index (χ3n) is 2.62. The number of benzene rings is 1. The lowest BCUT2D eigenvalue weighted by atomic mass is 10.0. The summed E-state index contributed by atoms with van der Waals surface area (Å²) in [5, 5.41) is 1.16. The molecule has 1 aromatic carbocycles. The van der Waals surface area contributed by atoms with E-state index in [0.29, 0.717) is 0 Å². The maximum Gasteiger partial charge on any atom is 0.0702 e. The summed E-state index contributed by atoms with van der Waals surface area (Å²) in [6.07, 6.45) is 5.43. The molecule has 0 amide bonds. The molecule has 0 aliphatic heterocycles.